The van der Waals surface area contributed by atoms with E-state index in [1.165, 1.54) is 18.4 Å². The van der Waals surface area contributed by atoms with Crippen molar-refractivity contribution in [2.45, 2.75) is 46.1 Å². The average molecular weight is 247 g/mol. The van der Waals surface area contributed by atoms with Crippen molar-refractivity contribution in [2.24, 2.45) is 5.41 Å². The summed E-state index contributed by atoms with van der Waals surface area (Å²) in [6.45, 7) is 7.90. The molecule has 0 saturated heterocycles. The van der Waals surface area contributed by atoms with Gasteiger partial charge in [0.1, 0.15) is 5.75 Å². The molecule has 1 aromatic carbocycles. The second-order valence-corrected chi connectivity index (χ2v) is 6.73. The Morgan fingerprint density at radius 1 is 1.33 bits per heavy atom. The first-order valence-electron chi connectivity index (χ1n) is 6.89. The molecule has 0 bridgehead atoms. The zero-order valence-electron chi connectivity index (χ0n) is 12.0. The van der Waals surface area contributed by atoms with Crippen LogP contribution >= 0.6 is 0 Å². The summed E-state index contributed by atoms with van der Waals surface area (Å²) in [6.07, 6.45) is 3.38. The van der Waals surface area contributed by atoms with Crippen molar-refractivity contribution in [3.8, 4) is 5.75 Å². The molecule has 1 N–H and O–H groups in total. The molecule has 18 heavy (non-hydrogen) atoms. The van der Waals surface area contributed by atoms with Crippen LogP contribution in [0.3, 0.4) is 0 Å². The van der Waals surface area contributed by atoms with Crippen molar-refractivity contribution in [3.63, 3.8) is 0 Å². The summed E-state index contributed by atoms with van der Waals surface area (Å²) < 4.78 is 0. The molecule has 0 amide bonds. The number of hydrogen-bond donors (Lipinski definition) is 1. The van der Waals surface area contributed by atoms with Crippen LogP contribution in [-0.4, -0.2) is 23.6 Å². The van der Waals surface area contributed by atoms with Gasteiger partial charge in [-0.15, -0.1) is 0 Å². The number of rotatable bonds is 2. The van der Waals surface area contributed by atoms with Gasteiger partial charge in [0.15, 0.2) is 0 Å². The lowest BCUT2D eigenvalue weighted by atomic mass is 9.85. The van der Waals surface area contributed by atoms with E-state index in [2.05, 4.69) is 38.8 Å². The quantitative estimate of drug-likeness (QED) is 0.860. The van der Waals surface area contributed by atoms with E-state index in [0.29, 0.717) is 17.2 Å². The van der Waals surface area contributed by atoms with E-state index in [9.17, 15) is 5.11 Å². The minimum Gasteiger partial charge on any atom is -0.508 e. The van der Waals surface area contributed by atoms with Gasteiger partial charge in [-0.1, -0.05) is 32.9 Å². The molecule has 0 spiro atoms. The van der Waals surface area contributed by atoms with Crippen molar-refractivity contribution in [2.75, 3.05) is 13.6 Å². The zero-order valence-corrected chi connectivity index (χ0v) is 12.0. The second-order valence-electron chi connectivity index (χ2n) is 6.73. The van der Waals surface area contributed by atoms with Gasteiger partial charge in [0.05, 0.1) is 0 Å². The number of hydrogen-bond acceptors (Lipinski definition) is 2. The fourth-order valence-corrected chi connectivity index (χ4v) is 3.12. The molecule has 0 fully saturated rings. The van der Waals surface area contributed by atoms with E-state index in [1.807, 2.05) is 12.1 Å². The van der Waals surface area contributed by atoms with Crippen LogP contribution in [-0.2, 0) is 6.42 Å². The molecular weight excluding hydrogens is 222 g/mol. The summed E-state index contributed by atoms with van der Waals surface area (Å²) in [6, 6.07) is 6.42. The maximum absolute atomic E-state index is 9.97. The predicted octanol–water partition coefficient (Wildman–Crippen LogP) is 3.75. The topological polar surface area (TPSA) is 23.5 Å². The van der Waals surface area contributed by atoms with Crippen molar-refractivity contribution >= 4 is 0 Å². The van der Waals surface area contributed by atoms with Gasteiger partial charge in [0.25, 0.3) is 0 Å². The van der Waals surface area contributed by atoms with Crippen molar-refractivity contribution in [1.29, 1.82) is 0 Å². The molecule has 0 radical (unpaired) electrons. The Kier molecular flexibility index (Phi) is 3.67. The lowest BCUT2D eigenvalue weighted by Crippen LogP contribution is -2.34. The lowest BCUT2D eigenvalue weighted by Gasteiger charge is -2.37. The molecule has 2 nitrogen and oxygen atoms in total. The Hall–Kier alpha value is -1.02. The summed E-state index contributed by atoms with van der Waals surface area (Å²) in [7, 11) is 2.20. The lowest BCUT2D eigenvalue weighted by molar-refractivity contribution is 0.158. The van der Waals surface area contributed by atoms with Gasteiger partial charge in [-0.2, -0.15) is 0 Å². The fraction of sp³-hybridized carbons (Fsp3) is 0.625. The number of phenols is 1. The zero-order chi connectivity index (χ0) is 13.3. The van der Waals surface area contributed by atoms with Crippen LogP contribution in [0.5, 0.6) is 5.75 Å². The van der Waals surface area contributed by atoms with Gasteiger partial charge in [-0.05, 0) is 48.9 Å². The first-order valence-corrected chi connectivity index (χ1v) is 6.89. The Bertz CT molecular complexity index is 420. The highest BCUT2D eigenvalue weighted by Gasteiger charge is 2.27. The SMILES string of the molecule is CN(CC(C)(C)C)C1CCCc2c(O)cccc21. The van der Waals surface area contributed by atoms with Gasteiger partial charge in [-0.3, -0.25) is 4.90 Å². The maximum atomic E-state index is 9.97. The molecule has 1 aromatic rings. The molecular formula is C16H25NO. The monoisotopic (exact) mass is 247 g/mol. The normalized spacial score (nSPS) is 19.9. The van der Waals surface area contributed by atoms with Crippen LogP contribution < -0.4 is 0 Å². The Labute approximate surface area is 111 Å². The molecule has 0 aromatic heterocycles. The number of phenolic OH excluding ortho intramolecular Hbond substituents is 1. The van der Waals surface area contributed by atoms with E-state index in [0.717, 1.165) is 18.5 Å². The minimum absolute atomic E-state index is 0.309. The van der Waals surface area contributed by atoms with Crippen LogP contribution in [0.4, 0.5) is 0 Å². The third-order valence-corrected chi connectivity index (χ3v) is 3.71. The minimum atomic E-state index is 0.309. The van der Waals surface area contributed by atoms with Gasteiger partial charge in [0, 0.05) is 12.6 Å². The van der Waals surface area contributed by atoms with Crippen LogP contribution in [0.15, 0.2) is 18.2 Å². The van der Waals surface area contributed by atoms with Gasteiger partial charge < -0.3 is 5.11 Å². The average Bonchev–Trinajstić information content (AvgIpc) is 2.26. The molecule has 2 rings (SSSR count). The van der Waals surface area contributed by atoms with E-state index in [4.69, 9.17) is 0 Å². The van der Waals surface area contributed by atoms with Gasteiger partial charge in [-0.25, -0.2) is 0 Å². The molecule has 1 unspecified atom stereocenters. The van der Waals surface area contributed by atoms with Gasteiger partial charge >= 0.3 is 0 Å². The largest absolute Gasteiger partial charge is 0.508 e. The van der Waals surface area contributed by atoms with E-state index >= 15 is 0 Å². The summed E-state index contributed by atoms with van der Waals surface area (Å²) in [4.78, 5) is 2.44. The fourth-order valence-electron chi connectivity index (χ4n) is 3.12. The summed E-state index contributed by atoms with van der Waals surface area (Å²) in [5, 5.41) is 9.97. The highest BCUT2D eigenvalue weighted by Crippen LogP contribution is 2.38. The third kappa shape index (κ3) is 2.86. The maximum Gasteiger partial charge on any atom is 0.119 e. The number of fused-ring (bicyclic) bond motifs is 1. The van der Waals surface area contributed by atoms with Gasteiger partial charge in [0.2, 0.25) is 0 Å². The van der Waals surface area contributed by atoms with Crippen molar-refractivity contribution < 1.29 is 5.11 Å². The van der Waals surface area contributed by atoms with Crippen LogP contribution in [0.1, 0.15) is 50.8 Å². The van der Waals surface area contributed by atoms with Crippen LogP contribution in [0, 0.1) is 5.41 Å². The first kappa shape index (κ1) is 13.4. The van der Waals surface area contributed by atoms with E-state index in [-0.39, 0.29) is 0 Å². The Morgan fingerprint density at radius 2 is 2.06 bits per heavy atom. The molecule has 0 heterocycles. The Balaban J connectivity index is 2.25. The molecule has 0 aliphatic heterocycles. The predicted molar refractivity (Wildman–Crippen MR) is 75.9 cm³/mol. The summed E-state index contributed by atoms with van der Waals surface area (Å²) in [5.74, 6) is 0.473. The summed E-state index contributed by atoms with van der Waals surface area (Å²) in [5.41, 5.74) is 2.80. The molecule has 0 saturated carbocycles. The Morgan fingerprint density at radius 3 is 2.72 bits per heavy atom. The first-order chi connectivity index (χ1) is 8.38. The summed E-state index contributed by atoms with van der Waals surface area (Å²) >= 11 is 0. The molecule has 1 aliphatic carbocycles. The molecule has 1 aliphatic rings. The van der Waals surface area contributed by atoms with E-state index in [1.54, 1.807) is 0 Å². The highest BCUT2D eigenvalue weighted by atomic mass is 16.3. The third-order valence-electron chi connectivity index (χ3n) is 3.71. The smallest absolute Gasteiger partial charge is 0.119 e. The molecule has 1 atom stereocenters. The number of benzene rings is 1. The molecule has 100 valence electrons. The highest BCUT2D eigenvalue weighted by molar-refractivity contribution is 5.42. The number of nitrogens with zero attached hydrogens (tertiary/aromatic N) is 1. The van der Waals surface area contributed by atoms with Crippen LogP contribution in [0.25, 0.3) is 0 Å². The van der Waals surface area contributed by atoms with Crippen molar-refractivity contribution in [1.82, 2.24) is 4.90 Å². The van der Waals surface area contributed by atoms with Crippen LogP contribution in [0.2, 0.25) is 0 Å². The van der Waals surface area contributed by atoms with E-state index < -0.39 is 0 Å². The van der Waals surface area contributed by atoms with Crippen molar-refractivity contribution in [3.05, 3.63) is 29.3 Å². The molecule has 2 heteroatoms. The number of aromatic hydroxyl groups is 1. The second kappa shape index (κ2) is 4.93. The standard InChI is InChI=1S/C16H25NO/c1-16(2,3)11-17(4)14-9-5-8-13-12(14)7-6-10-15(13)18/h6-7,10,14,18H,5,8-9,11H2,1-4H3.